The van der Waals surface area contributed by atoms with Crippen LogP contribution in [0.15, 0.2) is 24.3 Å². The third kappa shape index (κ3) is 8.93. The van der Waals surface area contributed by atoms with Crippen molar-refractivity contribution in [3.05, 3.63) is 41.0 Å². The molecule has 2 aromatic carbocycles. The largest absolute Gasteiger partial charge is 3.00 e. The van der Waals surface area contributed by atoms with Gasteiger partial charge in [-0.25, -0.2) is 0 Å². The van der Waals surface area contributed by atoms with Crippen LogP contribution in [0.2, 0.25) is 13.1 Å². The molecule has 0 heterocycles. The first-order valence-corrected chi connectivity index (χ1v) is 9.87. The predicted molar refractivity (Wildman–Crippen MR) is 92.2 cm³/mol. The summed E-state index contributed by atoms with van der Waals surface area (Å²) in [6, 6.07) is 9.35. The third-order valence-electron chi connectivity index (χ3n) is 3.31. The fourth-order valence-corrected chi connectivity index (χ4v) is 2.33. The Hall–Kier alpha value is 0.470. The van der Waals surface area contributed by atoms with Gasteiger partial charge in [0.1, 0.15) is 0 Å². The van der Waals surface area contributed by atoms with E-state index in [0.29, 0.717) is 11.8 Å². The van der Waals surface area contributed by atoms with Gasteiger partial charge in [0.25, 0.3) is 0 Å². The average molecular weight is 451 g/mol. The summed E-state index contributed by atoms with van der Waals surface area (Å²) in [5, 5.41) is 2.85. The van der Waals surface area contributed by atoms with E-state index in [-0.39, 0.29) is 51.0 Å². The molecule has 0 aliphatic rings. The quantitative estimate of drug-likeness (QED) is 0.476. The maximum atomic E-state index is 8.16. The van der Waals surface area contributed by atoms with Crippen molar-refractivity contribution in [3.63, 3.8) is 0 Å². The topological polar surface area (TPSA) is 20.2 Å². The van der Waals surface area contributed by atoms with Crippen LogP contribution in [0.3, 0.4) is 0 Å². The summed E-state index contributed by atoms with van der Waals surface area (Å²) in [7, 11) is -0.880. The van der Waals surface area contributed by atoms with Gasteiger partial charge in [-0.15, -0.1) is 28.5 Å². The van der Waals surface area contributed by atoms with E-state index in [1.54, 1.807) is 0 Å². The average Bonchev–Trinajstić information content (AvgIpc) is 2.66. The van der Waals surface area contributed by atoms with Crippen LogP contribution in [0, 0.1) is 6.92 Å². The van der Waals surface area contributed by atoms with Crippen molar-refractivity contribution in [2.24, 2.45) is 0 Å². The second-order valence-corrected chi connectivity index (χ2v) is 8.30. The van der Waals surface area contributed by atoms with E-state index < -0.39 is 9.04 Å². The minimum absolute atomic E-state index is 0. The zero-order chi connectivity index (χ0) is 15.4. The monoisotopic (exact) mass is 448 g/mol. The Morgan fingerprint density at radius 3 is 1.83 bits per heavy atom. The molecule has 5 heteroatoms. The first-order chi connectivity index (χ1) is 9.22. The molecule has 0 atom stereocenters. The number of halogens is 2. The summed E-state index contributed by atoms with van der Waals surface area (Å²) in [5.41, 5.74) is 4.33. The van der Waals surface area contributed by atoms with Crippen LogP contribution in [-0.2, 0) is 26.2 Å². The van der Waals surface area contributed by atoms with Crippen molar-refractivity contribution in [3.8, 4) is 0 Å². The van der Waals surface area contributed by atoms with E-state index in [1.807, 2.05) is 13.1 Å². The van der Waals surface area contributed by atoms with E-state index in [1.165, 1.54) is 27.5 Å². The van der Waals surface area contributed by atoms with Crippen molar-refractivity contribution < 1.29 is 55.8 Å². The molecule has 0 bridgehead atoms. The summed E-state index contributed by atoms with van der Waals surface area (Å²) in [6.07, 6.45) is 0. The third-order valence-corrected chi connectivity index (χ3v) is 3.31. The fourth-order valence-electron chi connectivity index (χ4n) is 2.33. The first kappa shape index (κ1) is 28.3. The maximum Gasteiger partial charge on any atom is 3.00 e. The Balaban J connectivity index is -0.000000517. The molecule has 0 saturated heterocycles. The summed E-state index contributed by atoms with van der Waals surface area (Å²) < 4.78 is 0. The molecule has 2 radical (unpaired) electrons. The summed E-state index contributed by atoms with van der Waals surface area (Å²) >= 11 is 0. The number of hydrogen-bond donors (Lipinski definition) is 1. The molecule has 2 rings (SSSR count). The van der Waals surface area contributed by atoms with Gasteiger partial charge in [0.2, 0.25) is 0 Å². The van der Waals surface area contributed by atoms with Gasteiger partial charge in [-0.1, -0.05) is 51.8 Å². The van der Waals surface area contributed by atoms with Crippen molar-refractivity contribution in [2.45, 2.75) is 59.5 Å². The zero-order valence-corrected chi connectivity index (χ0v) is 20.1. The van der Waals surface area contributed by atoms with E-state index >= 15 is 0 Å². The second-order valence-electron chi connectivity index (χ2n) is 6.40. The molecule has 0 amide bonds. The van der Waals surface area contributed by atoms with Crippen LogP contribution in [-0.4, -0.2) is 13.8 Å². The zero-order valence-electron chi connectivity index (χ0n) is 15.2. The van der Waals surface area contributed by atoms with Gasteiger partial charge in [-0.3, -0.25) is 0 Å². The molecule has 128 valence electrons. The van der Waals surface area contributed by atoms with Gasteiger partial charge < -0.3 is 29.6 Å². The molecule has 1 N–H and O–H groups in total. The van der Waals surface area contributed by atoms with Gasteiger partial charge in [-0.2, -0.15) is 6.07 Å². The molecule has 23 heavy (non-hydrogen) atoms. The number of hydrogen-bond acceptors (Lipinski definition) is 1. The predicted octanol–water partition coefficient (Wildman–Crippen LogP) is -0.651. The van der Waals surface area contributed by atoms with E-state index in [9.17, 15) is 0 Å². The number of benzene rings is 1. The smallest absolute Gasteiger partial charge is 1.00 e. The molecule has 1 nitrogen and oxygen atoms in total. The molecule has 0 spiro atoms. The van der Waals surface area contributed by atoms with Crippen molar-refractivity contribution in [1.82, 2.24) is 0 Å². The Morgan fingerprint density at radius 2 is 1.43 bits per heavy atom. The summed E-state index contributed by atoms with van der Waals surface area (Å²) in [5.74, 6) is 1.21. The van der Waals surface area contributed by atoms with Gasteiger partial charge in [0.05, 0.1) is 0 Å². The molecular weight excluding hydrogens is 422 g/mol. The van der Waals surface area contributed by atoms with Gasteiger partial charge in [0.15, 0.2) is 9.04 Å². The van der Waals surface area contributed by atoms with Crippen molar-refractivity contribution >= 4 is 19.8 Å². The first-order valence-electron chi connectivity index (χ1n) is 7.42. The second kappa shape index (κ2) is 12.8. The molecule has 0 saturated carbocycles. The van der Waals surface area contributed by atoms with Gasteiger partial charge in [-0.05, 0) is 24.9 Å². The molecular formula is C18H28Cl2OSiZr. The fraction of sp³-hybridized carbons (Fsp3) is 0.500. The summed E-state index contributed by atoms with van der Waals surface area (Å²) in [4.78, 5) is 8.16. The normalized spacial score (nSPS) is 9.87. The number of fused-ring (bicyclic) bond motifs is 1. The Bertz CT molecular complexity index is 563. The SMILES string of the molecule is C[Si](C)O.Cc1cc2c(C(C)C)cc(C(C)C)cc2[cH-]1.[Cl-].[Cl-].[Zr+3]. The van der Waals surface area contributed by atoms with Crippen molar-refractivity contribution in [2.75, 3.05) is 0 Å². The van der Waals surface area contributed by atoms with Gasteiger partial charge >= 0.3 is 26.2 Å². The summed E-state index contributed by atoms with van der Waals surface area (Å²) in [6.45, 7) is 14.9. The van der Waals surface area contributed by atoms with E-state index in [4.69, 9.17) is 4.80 Å². The van der Waals surface area contributed by atoms with Crippen LogP contribution in [0.25, 0.3) is 10.8 Å². The molecule has 0 fully saturated rings. The van der Waals surface area contributed by atoms with Crippen LogP contribution < -0.4 is 24.8 Å². The number of aryl methyl sites for hydroxylation is 1. The molecule has 2 aromatic rings. The Kier molecular flexibility index (Phi) is 15.7. The van der Waals surface area contributed by atoms with Crippen LogP contribution in [0.1, 0.15) is 56.2 Å². The molecule has 0 unspecified atom stereocenters. The van der Waals surface area contributed by atoms with Crippen LogP contribution in [0.5, 0.6) is 0 Å². The van der Waals surface area contributed by atoms with E-state index in [2.05, 4.69) is 58.9 Å². The van der Waals surface area contributed by atoms with Crippen LogP contribution >= 0.6 is 0 Å². The van der Waals surface area contributed by atoms with Crippen molar-refractivity contribution in [1.29, 1.82) is 0 Å². The van der Waals surface area contributed by atoms with Gasteiger partial charge in [0, 0.05) is 0 Å². The number of rotatable bonds is 2. The molecule has 0 aromatic heterocycles. The minimum atomic E-state index is -0.880. The van der Waals surface area contributed by atoms with E-state index in [0.717, 1.165) is 0 Å². The Morgan fingerprint density at radius 1 is 0.957 bits per heavy atom. The standard InChI is InChI=1S/C16H21.C2H7OSi.2ClH.Zr/c1-10(2)13-8-14-6-12(5)7-16(14)15(9-13)11(3)4;1-4(2)3;;;/h6-11H,1-5H3;3H,1-2H3;2*1H;/q-1;;;;+3/p-2. The minimum Gasteiger partial charge on any atom is -1.00 e. The molecule has 0 aliphatic carbocycles. The Labute approximate surface area is 175 Å². The van der Waals surface area contributed by atoms with Crippen LogP contribution in [0.4, 0.5) is 0 Å². The maximum absolute atomic E-state index is 8.16. The molecule has 0 aliphatic heterocycles.